The van der Waals surface area contributed by atoms with E-state index < -0.39 is 0 Å². The Bertz CT molecular complexity index is 1270. The summed E-state index contributed by atoms with van der Waals surface area (Å²) in [6.45, 7) is 1.25. The van der Waals surface area contributed by atoms with Gasteiger partial charge in [0.05, 0.1) is 37.0 Å². The molecule has 0 saturated heterocycles. The van der Waals surface area contributed by atoms with Gasteiger partial charge in [-0.3, -0.25) is 0 Å². The van der Waals surface area contributed by atoms with Crippen LogP contribution in [0.3, 0.4) is 0 Å². The molecule has 32 heavy (non-hydrogen) atoms. The maximum absolute atomic E-state index is 6.19. The summed E-state index contributed by atoms with van der Waals surface area (Å²) in [5.41, 5.74) is 7.38. The number of nitrogens with one attached hydrogen (secondary N) is 1. The number of para-hydroxylation sites is 1. The number of ether oxygens (including phenoxy) is 2. The van der Waals surface area contributed by atoms with Crippen LogP contribution in [0, 0.1) is 0 Å². The van der Waals surface area contributed by atoms with Crippen LogP contribution in [-0.2, 0) is 13.1 Å². The Balaban J connectivity index is 1.51. The summed E-state index contributed by atoms with van der Waals surface area (Å²) in [6, 6.07) is 19.8. The first-order valence-electron chi connectivity index (χ1n) is 10.1. The summed E-state index contributed by atoms with van der Waals surface area (Å²) in [4.78, 5) is 0. The summed E-state index contributed by atoms with van der Waals surface area (Å²) in [5, 5.41) is 6.67. The van der Waals surface area contributed by atoms with Gasteiger partial charge in [-0.25, -0.2) is 0 Å². The molecule has 0 bridgehead atoms. The Hall–Kier alpha value is -3.15. The highest BCUT2D eigenvalue weighted by Crippen LogP contribution is 2.28. The third-order valence-corrected chi connectivity index (χ3v) is 5.92. The van der Waals surface area contributed by atoms with E-state index >= 15 is 0 Å². The van der Waals surface area contributed by atoms with E-state index in [1.54, 1.807) is 14.2 Å². The van der Waals surface area contributed by atoms with Crippen LogP contribution in [0.25, 0.3) is 10.9 Å². The van der Waals surface area contributed by atoms with Crippen LogP contribution in [-0.4, -0.2) is 25.0 Å². The number of fused-ring (bicyclic) bond motifs is 1. The van der Waals surface area contributed by atoms with Gasteiger partial charge in [0.1, 0.15) is 0 Å². The van der Waals surface area contributed by atoms with Crippen LogP contribution >= 0.6 is 23.2 Å². The fraction of sp³-hybridized carbons (Fsp3) is 0.160. The third-order valence-electron chi connectivity index (χ3n) is 5.18. The monoisotopic (exact) mass is 467 g/mol. The van der Waals surface area contributed by atoms with E-state index in [1.165, 1.54) is 0 Å². The highest BCUT2D eigenvalue weighted by atomic mass is 35.5. The van der Waals surface area contributed by atoms with Gasteiger partial charge in [-0.05, 0) is 41.5 Å². The van der Waals surface area contributed by atoms with Crippen molar-refractivity contribution in [1.29, 1.82) is 0 Å². The molecule has 1 aromatic heterocycles. The topological polar surface area (TPSA) is 47.8 Å². The molecule has 1 heterocycles. The normalized spacial score (nSPS) is 11.2. The van der Waals surface area contributed by atoms with Crippen LogP contribution < -0.4 is 14.9 Å². The first kappa shape index (κ1) is 22.1. The number of nitrogens with zero attached hydrogens (tertiary/aromatic N) is 2. The van der Waals surface area contributed by atoms with Crippen molar-refractivity contribution in [1.82, 2.24) is 9.99 Å². The molecule has 0 radical (unpaired) electrons. The van der Waals surface area contributed by atoms with Crippen LogP contribution in [0.15, 0.2) is 72.0 Å². The lowest BCUT2D eigenvalue weighted by atomic mass is 10.2. The molecule has 5 nitrogen and oxygen atoms in total. The van der Waals surface area contributed by atoms with E-state index in [4.69, 9.17) is 32.7 Å². The van der Waals surface area contributed by atoms with Crippen molar-refractivity contribution >= 4 is 40.3 Å². The van der Waals surface area contributed by atoms with Crippen molar-refractivity contribution < 1.29 is 9.47 Å². The van der Waals surface area contributed by atoms with Gasteiger partial charge >= 0.3 is 0 Å². The molecule has 0 aliphatic carbocycles. The van der Waals surface area contributed by atoms with Crippen LogP contribution in [0.2, 0.25) is 10.0 Å². The molecule has 0 amide bonds. The summed E-state index contributed by atoms with van der Waals surface area (Å²) >= 11 is 12.2. The van der Waals surface area contributed by atoms with Crippen molar-refractivity contribution in [3.05, 3.63) is 93.6 Å². The number of halogens is 2. The molecule has 4 rings (SSSR count). The number of methoxy groups -OCH3 is 2. The molecule has 0 spiro atoms. The Morgan fingerprint density at radius 3 is 2.47 bits per heavy atom. The number of hydrogen-bond donors (Lipinski definition) is 1. The van der Waals surface area contributed by atoms with Gasteiger partial charge in [-0.1, -0.05) is 53.5 Å². The average Bonchev–Trinajstić information content (AvgIpc) is 3.16. The van der Waals surface area contributed by atoms with Crippen molar-refractivity contribution in [2.75, 3.05) is 14.2 Å². The zero-order valence-electron chi connectivity index (χ0n) is 17.8. The molecular weight excluding hydrogens is 445 g/mol. The predicted octanol–water partition coefficient (Wildman–Crippen LogP) is 6.14. The van der Waals surface area contributed by atoms with Crippen LogP contribution in [0.5, 0.6) is 11.5 Å². The van der Waals surface area contributed by atoms with Crippen molar-refractivity contribution in [3.8, 4) is 11.5 Å². The van der Waals surface area contributed by atoms with Gasteiger partial charge in [0.15, 0.2) is 11.5 Å². The molecule has 0 saturated carbocycles. The lowest BCUT2D eigenvalue weighted by Gasteiger charge is -2.09. The Morgan fingerprint density at radius 1 is 0.906 bits per heavy atom. The van der Waals surface area contributed by atoms with Crippen molar-refractivity contribution in [3.63, 3.8) is 0 Å². The second-order valence-corrected chi connectivity index (χ2v) is 8.07. The molecule has 164 valence electrons. The number of hydrogen-bond acceptors (Lipinski definition) is 4. The van der Waals surface area contributed by atoms with E-state index in [0.29, 0.717) is 34.6 Å². The SMILES string of the molecule is COc1ccc(CN/N=C\c2cn(Cc3ccc(Cl)c(Cl)c3)c3ccccc23)cc1OC. The third kappa shape index (κ3) is 4.85. The lowest BCUT2D eigenvalue weighted by molar-refractivity contribution is 0.354. The Kier molecular flexibility index (Phi) is 6.88. The van der Waals surface area contributed by atoms with E-state index in [1.807, 2.05) is 54.7 Å². The fourth-order valence-corrected chi connectivity index (χ4v) is 3.91. The van der Waals surface area contributed by atoms with E-state index in [-0.39, 0.29) is 0 Å². The van der Waals surface area contributed by atoms with Gasteiger partial charge in [0, 0.05) is 29.2 Å². The maximum Gasteiger partial charge on any atom is 0.161 e. The van der Waals surface area contributed by atoms with Crippen molar-refractivity contribution in [2.45, 2.75) is 13.1 Å². The first-order chi connectivity index (χ1) is 15.6. The van der Waals surface area contributed by atoms with Crippen LogP contribution in [0.4, 0.5) is 0 Å². The molecule has 3 aromatic carbocycles. The van der Waals surface area contributed by atoms with E-state index in [9.17, 15) is 0 Å². The van der Waals surface area contributed by atoms with Gasteiger partial charge in [0.2, 0.25) is 0 Å². The van der Waals surface area contributed by atoms with Gasteiger partial charge < -0.3 is 19.5 Å². The predicted molar refractivity (Wildman–Crippen MR) is 131 cm³/mol. The maximum atomic E-state index is 6.19. The fourth-order valence-electron chi connectivity index (χ4n) is 3.59. The van der Waals surface area contributed by atoms with Crippen molar-refractivity contribution in [2.24, 2.45) is 5.10 Å². The Labute approximate surface area is 197 Å². The molecular formula is C25H23Cl2N3O2. The van der Waals surface area contributed by atoms with Gasteiger partial charge in [-0.2, -0.15) is 5.10 Å². The molecule has 0 fully saturated rings. The second-order valence-electron chi connectivity index (χ2n) is 7.26. The quantitative estimate of drug-likeness (QED) is 0.250. The standard InChI is InChI=1S/C25H23Cl2N3O2/c1-31-24-10-8-17(12-25(24)32-2)13-28-29-14-19-16-30(23-6-4-3-5-20(19)23)15-18-7-9-21(26)22(27)11-18/h3-12,14,16,28H,13,15H2,1-2H3/b29-14-. The van der Waals surface area contributed by atoms with Gasteiger partial charge in [-0.15, -0.1) is 0 Å². The highest BCUT2D eigenvalue weighted by molar-refractivity contribution is 6.42. The first-order valence-corrected chi connectivity index (χ1v) is 10.8. The minimum atomic E-state index is 0.557. The summed E-state index contributed by atoms with van der Waals surface area (Å²) < 4.78 is 12.8. The van der Waals surface area contributed by atoms with E-state index in [0.717, 1.165) is 27.6 Å². The summed E-state index contributed by atoms with van der Waals surface area (Å²) in [6.07, 6.45) is 3.93. The zero-order chi connectivity index (χ0) is 22.5. The Morgan fingerprint density at radius 2 is 1.69 bits per heavy atom. The minimum absolute atomic E-state index is 0.557. The molecule has 0 unspecified atom stereocenters. The molecule has 0 aliphatic rings. The second kappa shape index (κ2) is 9.98. The smallest absolute Gasteiger partial charge is 0.161 e. The van der Waals surface area contributed by atoms with E-state index in [2.05, 4.69) is 33.4 Å². The molecule has 0 aliphatic heterocycles. The summed E-state index contributed by atoms with van der Waals surface area (Å²) in [7, 11) is 3.25. The average molecular weight is 468 g/mol. The number of aromatic nitrogens is 1. The zero-order valence-corrected chi connectivity index (χ0v) is 19.3. The number of rotatable bonds is 8. The number of benzene rings is 3. The molecule has 1 N–H and O–H groups in total. The molecule has 7 heteroatoms. The summed E-state index contributed by atoms with van der Waals surface area (Å²) in [5.74, 6) is 1.40. The highest BCUT2D eigenvalue weighted by Gasteiger charge is 2.08. The largest absolute Gasteiger partial charge is 0.493 e. The molecule has 4 aromatic rings. The lowest BCUT2D eigenvalue weighted by Crippen LogP contribution is -2.06. The van der Waals surface area contributed by atoms with Gasteiger partial charge in [0.25, 0.3) is 0 Å². The van der Waals surface area contributed by atoms with Crippen LogP contribution in [0.1, 0.15) is 16.7 Å². The minimum Gasteiger partial charge on any atom is -0.493 e. The number of hydrazone groups is 1. The molecule has 0 atom stereocenters.